The molecule has 0 heterocycles. The quantitative estimate of drug-likeness (QED) is 0.913. The molecule has 1 rings (SSSR count). The summed E-state index contributed by atoms with van der Waals surface area (Å²) in [6.45, 7) is 7.74. The molecule has 0 saturated heterocycles. The number of aliphatic hydroxyl groups is 1. The predicted octanol–water partition coefficient (Wildman–Crippen LogP) is 2.88. The van der Waals surface area contributed by atoms with Gasteiger partial charge in [-0.05, 0) is 45.4 Å². The number of rotatable bonds is 4. The Morgan fingerprint density at radius 1 is 1.39 bits per heavy atom. The molecule has 1 N–H and O–H groups in total. The van der Waals surface area contributed by atoms with Crippen LogP contribution in [0, 0.1) is 6.92 Å². The zero-order valence-electron chi connectivity index (χ0n) is 11.3. The first-order valence-electron chi connectivity index (χ1n) is 6.08. The van der Waals surface area contributed by atoms with Gasteiger partial charge < -0.3 is 10.0 Å². The summed E-state index contributed by atoms with van der Waals surface area (Å²) in [7, 11) is 0. The predicted molar refractivity (Wildman–Crippen MR) is 74.0 cm³/mol. The van der Waals surface area contributed by atoms with E-state index in [1.807, 2.05) is 26.8 Å². The normalized spacial score (nSPS) is 12.6. The molecule has 0 spiro atoms. The van der Waals surface area contributed by atoms with E-state index < -0.39 is 6.10 Å². The third-order valence-electron chi connectivity index (χ3n) is 2.76. The highest BCUT2D eigenvalue weighted by Gasteiger charge is 2.20. The summed E-state index contributed by atoms with van der Waals surface area (Å²) in [5, 5.41) is 10.0. The zero-order valence-corrected chi connectivity index (χ0v) is 12.0. The van der Waals surface area contributed by atoms with Gasteiger partial charge in [0.1, 0.15) is 0 Å². The standard InChI is InChI=1S/C14H20ClNO2/c1-9(2)16(8-11(4)17)14(18)12-6-5-10(3)13(15)7-12/h5-7,9,11,17H,8H2,1-4H3. The van der Waals surface area contributed by atoms with Crippen molar-refractivity contribution in [3.05, 3.63) is 34.3 Å². The van der Waals surface area contributed by atoms with Gasteiger partial charge in [-0.3, -0.25) is 4.79 Å². The number of hydrogen-bond acceptors (Lipinski definition) is 2. The van der Waals surface area contributed by atoms with E-state index >= 15 is 0 Å². The van der Waals surface area contributed by atoms with Gasteiger partial charge in [-0.2, -0.15) is 0 Å². The van der Waals surface area contributed by atoms with Crippen LogP contribution < -0.4 is 0 Å². The Morgan fingerprint density at radius 3 is 2.44 bits per heavy atom. The molecule has 0 radical (unpaired) electrons. The average molecular weight is 270 g/mol. The number of carbonyl (C=O) groups is 1. The molecule has 1 unspecified atom stereocenters. The highest BCUT2D eigenvalue weighted by Crippen LogP contribution is 2.18. The lowest BCUT2D eigenvalue weighted by molar-refractivity contribution is 0.0579. The molecule has 0 bridgehead atoms. The smallest absolute Gasteiger partial charge is 0.254 e. The molecule has 0 aromatic heterocycles. The van der Waals surface area contributed by atoms with Crippen molar-refractivity contribution < 1.29 is 9.90 Å². The molecule has 3 nitrogen and oxygen atoms in total. The Labute approximate surface area is 113 Å². The van der Waals surface area contributed by atoms with E-state index in [2.05, 4.69) is 0 Å². The summed E-state index contributed by atoms with van der Waals surface area (Å²) in [4.78, 5) is 14.0. The number of hydrogen-bond donors (Lipinski definition) is 1. The molecule has 1 atom stereocenters. The second-order valence-corrected chi connectivity index (χ2v) is 5.27. The number of benzene rings is 1. The molecule has 0 fully saturated rings. The van der Waals surface area contributed by atoms with Crippen molar-refractivity contribution in [3.8, 4) is 0 Å². The Bertz CT molecular complexity index is 430. The molecule has 0 aliphatic carbocycles. The largest absolute Gasteiger partial charge is 0.392 e. The first kappa shape index (κ1) is 15.0. The maximum atomic E-state index is 12.3. The van der Waals surface area contributed by atoms with Gasteiger partial charge in [-0.15, -0.1) is 0 Å². The summed E-state index contributed by atoms with van der Waals surface area (Å²) in [6.07, 6.45) is -0.544. The van der Waals surface area contributed by atoms with Gasteiger partial charge in [-0.1, -0.05) is 17.7 Å². The van der Waals surface area contributed by atoms with Crippen molar-refractivity contribution in [3.63, 3.8) is 0 Å². The molecule has 4 heteroatoms. The van der Waals surface area contributed by atoms with Crippen LogP contribution in [-0.4, -0.2) is 34.6 Å². The van der Waals surface area contributed by atoms with Crippen LogP contribution in [0.25, 0.3) is 0 Å². The summed E-state index contributed by atoms with van der Waals surface area (Å²) in [5.41, 5.74) is 1.50. The van der Waals surface area contributed by atoms with Crippen LogP contribution in [0.4, 0.5) is 0 Å². The van der Waals surface area contributed by atoms with Gasteiger partial charge in [0.2, 0.25) is 0 Å². The number of carbonyl (C=O) groups excluding carboxylic acids is 1. The van der Waals surface area contributed by atoms with Crippen LogP contribution in [0.1, 0.15) is 36.7 Å². The minimum atomic E-state index is -0.544. The van der Waals surface area contributed by atoms with Gasteiger partial charge >= 0.3 is 0 Å². The van der Waals surface area contributed by atoms with E-state index in [4.69, 9.17) is 11.6 Å². The van der Waals surface area contributed by atoms with Gasteiger partial charge in [0.05, 0.1) is 6.10 Å². The van der Waals surface area contributed by atoms with Crippen molar-refractivity contribution in [2.75, 3.05) is 6.54 Å². The SMILES string of the molecule is Cc1ccc(C(=O)N(CC(C)O)C(C)C)cc1Cl. The third kappa shape index (κ3) is 3.72. The minimum Gasteiger partial charge on any atom is -0.392 e. The molecular formula is C14H20ClNO2. The lowest BCUT2D eigenvalue weighted by atomic mass is 10.1. The molecule has 0 aliphatic rings. The second kappa shape index (κ2) is 6.21. The van der Waals surface area contributed by atoms with Crippen molar-refractivity contribution in [2.45, 2.75) is 39.8 Å². The molecule has 18 heavy (non-hydrogen) atoms. The average Bonchev–Trinajstić information content (AvgIpc) is 2.28. The summed E-state index contributed by atoms with van der Waals surface area (Å²) < 4.78 is 0. The first-order chi connectivity index (χ1) is 8.32. The minimum absolute atomic E-state index is 0.0344. The maximum absolute atomic E-state index is 12.3. The molecule has 1 amide bonds. The van der Waals surface area contributed by atoms with Crippen LogP contribution >= 0.6 is 11.6 Å². The highest BCUT2D eigenvalue weighted by molar-refractivity contribution is 6.31. The molecule has 1 aromatic carbocycles. The van der Waals surface area contributed by atoms with Gasteiger partial charge in [0.15, 0.2) is 0 Å². The Hall–Kier alpha value is -1.06. The van der Waals surface area contributed by atoms with Crippen LogP contribution in [0.15, 0.2) is 18.2 Å². The zero-order chi connectivity index (χ0) is 13.9. The van der Waals surface area contributed by atoms with E-state index in [-0.39, 0.29) is 11.9 Å². The number of nitrogens with zero attached hydrogens (tertiary/aromatic N) is 1. The Balaban J connectivity index is 2.98. The fourth-order valence-electron chi connectivity index (χ4n) is 1.70. The number of aryl methyl sites for hydroxylation is 1. The Morgan fingerprint density at radius 2 is 2.00 bits per heavy atom. The van der Waals surface area contributed by atoms with Crippen molar-refractivity contribution in [1.29, 1.82) is 0 Å². The number of amides is 1. The fourth-order valence-corrected chi connectivity index (χ4v) is 1.89. The van der Waals surface area contributed by atoms with Gasteiger partial charge in [0.25, 0.3) is 5.91 Å². The lowest BCUT2D eigenvalue weighted by Crippen LogP contribution is -2.41. The molecular weight excluding hydrogens is 250 g/mol. The van der Waals surface area contributed by atoms with E-state index in [0.29, 0.717) is 17.1 Å². The molecule has 1 aromatic rings. The topological polar surface area (TPSA) is 40.5 Å². The second-order valence-electron chi connectivity index (χ2n) is 4.86. The van der Waals surface area contributed by atoms with Gasteiger partial charge in [0, 0.05) is 23.2 Å². The van der Waals surface area contributed by atoms with Crippen LogP contribution in [0.2, 0.25) is 5.02 Å². The van der Waals surface area contributed by atoms with Crippen molar-refractivity contribution in [2.24, 2.45) is 0 Å². The Kier molecular flexibility index (Phi) is 5.17. The van der Waals surface area contributed by atoms with Crippen LogP contribution in [-0.2, 0) is 0 Å². The summed E-state index contributed by atoms with van der Waals surface area (Å²) in [6, 6.07) is 5.31. The molecule has 0 aliphatic heterocycles. The van der Waals surface area contributed by atoms with Crippen LogP contribution in [0.3, 0.4) is 0 Å². The maximum Gasteiger partial charge on any atom is 0.254 e. The monoisotopic (exact) mass is 269 g/mol. The summed E-state index contributed by atoms with van der Waals surface area (Å²) >= 11 is 6.03. The molecule has 100 valence electrons. The molecule has 0 saturated carbocycles. The summed E-state index contributed by atoms with van der Waals surface area (Å²) in [5.74, 6) is -0.104. The van der Waals surface area contributed by atoms with Crippen molar-refractivity contribution in [1.82, 2.24) is 4.90 Å². The van der Waals surface area contributed by atoms with Gasteiger partial charge in [-0.25, -0.2) is 0 Å². The third-order valence-corrected chi connectivity index (χ3v) is 3.17. The first-order valence-corrected chi connectivity index (χ1v) is 6.46. The lowest BCUT2D eigenvalue weighted by Gasteiger charge is -2.28. The number of aliphatic hydroxyl groups excluding tert-OH is 1. The fraction of sp³-hybridized carbons (Fsp3) is 0.500. The van der Waals surface area contributed by atoms with E-state index in [1.165, 1.54) is 0 Å². The van der Waals surface area contributed by atoms with E-state index in [0.717, 1.165) is 5.56 Å². The van der Waals surface area contributed by atoms with E-state index in [9.17, 15) is 9.90 Å². The van der Waals surface area contributed by atoms with Crippen molar-refractivity contribution >= 4 is 17.5 Å². The van der Waals surface area contributed by atoms with E-state index in [1.54, 1.807) is 24.0 Å². The highest BCUT2D eigenvalue weighted by atomic mass is 35.5. The number of halogens is 1. The van der Waals surface area contributed by atoms with Crippen LogP contribution in [0.5, 0.6) is 0 Å².